The molecule has 1 saturated carbocycles. The maximum atomic E-state index is 5.18. The van der Waals surface area contributed by atoms with E-state index in [1.165, 1.54) is 37.7 Å². The molecule has 0 aliphatic heterocycles. The molecule has 1 N–H and O–H groups in total. The molecule has 18 heavy (non-hydrogen) atoms. The zero-order valence-electron chi connectivity index (χ0n) is 11.6. The zero-order valence-corrected chi connectivity index (χ0v) is 11.6. The van der Waals surface area contributed by atoms with E-state index in [1.54, 1.807) is 7.11 Å². The molecule has 0 heterocycles. The number of hydrogen-bond donors (Lipinski definition) is 1. The first-order valence-corrected chi connectivity index (χ1v) is 7.16. The fraction of sp³-hybridized carbons (Fsp3) is 0.625. The highest BCUT2D eigenvalue weighted by molar-refractivity contribution is 5.27. The number of nitrogens with one attached hydrogen (secondary N) is 1. The van der Waals surface area contributed by atoms with E-state index in [0.717, 1.165) is 18.2 Å². The van der Waals surface area contributed by atoms with E-state index in [4.69, 9.17) is 4.74 Å². The monoisotopic (exact) mass is 247 g/mol. The Morgan fingerprint density at radius 3 is 2.56 bits per heavy atom. The molecule has 0 amide bonds. The molecule has 0 aromatic heterocycles. The Balaban J connectivity index is 1.85. The van der Waals surface area contributed by atoms with Crippen molar-refractivity contribution in [1.29, 1.82) is 0 Å². The van der Waals surface area contributed by atoms with E-state index in [0.29, 0.717) is 6.04 Å². The van der Waals surface area contributed by atoms with Crippen molar-refractivity contribution in [2.45, 2.75) is 51.6 Å². The highest BCUT2D eigenvalue weighted by Gasteiger charge is 2.18. The first-order valence-electron chi connectivity index (χ1n) is 7.16. The summed E-state index contributed by atoms with van der Waals surface area (Å²) in [6.45, 7) is 3.36. The fourth-order valence-electron chi connectivity index (χ4n) is 2.79. The van der Waals surface area contributed by atoms with E-state index >= 15 is 0 Å². The maximum absolute atomic E-state index is 5.18. The van der Waals surface area contributed by atoms with Crippen LogP contribution in [0.15, 0.2) is 24.3 Å². The molecule has 1 fully saturated rings. The topological polar surface area (TPSA) is 21.3 Å². The molecule has 0 radical (unpaired) electrons. The van der Waals surface area contributed by atoms with Gasteiger partial charge in [0.15, 0.2) is 0 Å². The summed E-state index contributed by atoms with van der Waals surface area (Å²) in [5, 5.41) is 3.72. The number of ether oxygens (including phenoxy) is 1. The molecule has 2 atom stereocenters. The Kier molecular flexibility index (Phi) is 5.06. The van der Waals surface area contributed by atoms with Crippen molar-refractivity contribution in [3.63, 3.8) is 0 Å². The van der Waals surface area contributed by atoms with Crippen LogP contribution in [0.3, 0.4) is 0 Å². The van der Waals surface area contributed by atoms with Crippen LogP contribution in [0.2, 0.25) is 0 Å². The van der Waals surface area contributed by atoms with Crippen LogP contribution in [0.1, 0.15) is 44.6 Å². The first-order chi connectivity index (χ1) is 8.79. The molecule has 1 aromatic carbocycles. The molecule has 1 aromatic rings. The van der Waals surface area contributed by atoms with Crippen molar-refractivity contribution >= 4 is 0 Å². The molecule has 1 aliphatic rings. The maximum Gasteiger partial charge on any atom is 0.118 e. The van der Waals surface area contributed by atoms with Crippen molar-refractivity contribution in [3.8, 4) is 5.75 Å². The summed E-state index contributed by atoms with van der Waals surface area (Å²) in [6.07, 6.45) is 6.90. The third-order valence-corrected chi connectivity index (χ3v) is 4.09. The van der Waals surface area contributed by atoms with Crippen molar-refractivity contribution in [2.24, 2.45) is 5.92 Å². The van der Waals surface area contributed by atoms with Crippen LogP contribution >= 0.6 is 0 Å². The highest BCUT2D eigenvalue weighted by atomic mass is 16.5. The van der Waals surface area contributed by atoms with Gasteiger partial charge in [0, 0.05) is 12.6 Å². The molecule has 2 nitrogen and oxygen atoms in total. The zero-order chi connectivity index (χ0) is 12.8. The van der Waals surface area contributed by atoms with E-state index in [-0.39, 0.29) is 0 Å². The normalized spacial score (nSPS) is 24.6. The molecule has 2 rings (SSSR count). The fourth-order valence-corrected chi connectivity index (χ4v) is 2.79. The van der Waals surface area contributed by atoms with Crippen LogP contribution in [0, 0.1) is 5.92 Å². The Morgan fingerprint density at radius 1 is 1.11 bits per heavy atom. The van der Waals surface area contributed by atoms with Crippen molar-refractivity contribution in [3.05, 3.63) is 29.8 Å². The third-order valence-electron chi connectivity index (χ3n) is 4.09. The largest absolute Gasteiger partial charge is 0.497 e. The molecule has 2 heteroatoms. The second-order valence-electron chi connectivity index (χ2n) is 5.45. The minimum atomic E-state index is 0.689. The molecule has 2 unspecified atom stereocenters. The Morgan fingerprint density at radius 2 is 1.83 bits per heavy atom. The van der Waals surface area contributed by atoms with Gasteiger partial charge in [-0.2, -0.15) is 0 Å². The SMILES string of the molecule is COc1ccc(CNC2CCCCCC2C)cc1. The lowest BCUT2D eigenvalue weighted by molar-refractivity contribution is 0.356. The summed E-state index contributed by atoms with van der Waals surface area (Å²) in [6, 6.07) is 9.05. The predicted octanol–water partition coefficient (Wildman–Crippen LogP) is 3.75. The van der Waals surface area contributed by atoms with Gasteiger partial charge in [-0.25, -0.2) is 0 Å². The average molecular weight is 247 g/mol. The van der Waals surface area contributed by atoms with E-state index in [2.05, 4.69) is 24.4 Å². The highest BCUT2D eigenvalue weighted by Crippen LogP contribution is 2.23. The van der Waals surface area contributed by atoms with Gasteiger partial charge < -0.3 is 10.1 Å². The van der Waals surface area contributed by atoms with Crippen LogP contribution in [-0.2, 0) is 6.54 Å². The minimum Gasteiger partial charge on any atom is -0.497 e. The summed E-state index contributed by atoms with van der Waals surface area (Å²) in [4.78, 5) is 0. The lowest BCUT2D eigenvalue weighted by Crippen LogP contribution is -2.33. The van der Waals surface area contributed by atoms with Gasteiger partial charge in [-0.15, -0.1) is 0 Å². The Labute approximate surface area is 111 Å². The molecule has 1 aliphatic carbocycles. The molecular formula is C16H25NO. The van der Waals surface area contributed by atoms with Gasteiger partial charge in [0.2, 0.25) is 0 Å². The second-order valence-corrected chi connectivity index (χ2v) is 5.45. The molecule has 100 valence electrons. The molecule has 0 saturated heterocycles. The van der Waals surface area contributed by atoms with Gasteiger partial charge in [-0.3, -0.25) is 0 Å². The number of rotatable bonds is 4. The van der Waals surface area contributed by atoms with Crippen molar-refractivity contribution in [1.82, 2.24) is 5.32 Å². The van der Waals surface area contributed by atoms with Gasteiger partial charge in [0.25, 0.3) is 0 Å². The van der Waals surface area contributed by atoms with E-state index in [9.17, 15) is 0 Å². The van der Waals surface area contributed by atoms with Gasteiger partial charge in [0.05, 0.1) is 7.11 Å². The first kappa shape index (κ1) is 13.4. The summed E-state index contributed by atoms with van der Waals surface area (Å²) in [5.41, 5.74) is 1.34. The van der Waals surface area contributed by atoms with Crippen LogP contribution in [0.5, 0.6) is 5.75 Å². The standard InChI is InChI=1S/C16H25NO/c1-13-6-4-3-5-7-16(13)17-12-14-8-10-15(18-2)11-9-14/h8-11,13,16-17H,3-7,12H2,1-2H3. The summed E-state index contributed by atoms with van der Waals surface area (Å²) in [5.74, 6) is 1.74. The van der Waals surface area contributed by atoms with E-state index in [1.807, 2.05) is 12.1 Å². The Hall–Kier alpha value is -1.02. The van der Waals surface area contributed by atoms with Gasteiger partial charge in [0.1, 0.15) is 5.75 Å². The average Bonchev–Trinajstić information content (AvgIpc) is 2.62. The smallest absolute Gasteiger partial charge is 0.118 e. The van der Waals surface area contributed by atoms with E-state index < -0.39 is 0 Å². The third kappa shape index (κ3) is 3.74. The number of hydrogen-bond acceptors (Lipinski definition) is 2. The molecular weight excluding hydrogens is 222 g/mol. The lowest BCUT2D eigenvalue weighted by atomic mass is 9.97. The number of benzene rings is 1. The van der Waals surface area contributed by atoms with Crippen LogP contribution in [0.25, 0.3) is 0 Å². The lowest BCUT2D eigenvalue weighted by Gasteiger charge is -2.23. The van der Waals surface area contributed by atoms with Crippen molar-refractivity contribution in [2.75, 3.05) is 7.11 Å². The van der Waals surface area contributed by atoms with Crippen LogP contribution < -0.4 is 10.1 Å². The minimum absolute atomic E-state index is 0.689. The van der Waals surface area contributed by atoms with Gasteiger partial charge in [-0.1, -0.05) is 38.3 Å². The molecule has 0 bridgehead atoms. The van der Waals surface area contributed by atoms with Crippen LogP contribution in [-0.4, -0.2) is 13.2 Å². The van der Waals surface area contributed by atoms with Gasteiger partial charge in [-0.05, 0) is 36.5 Å². The number of methoxy groups -OCH3 is 1. The quantitative estimate of drug-likeness (QED) is 0.818. The Bertz CT molecular complexity index is 347. The van der Waals surface area contributed by atoms with Crippen LogP contribution in [0.4, 0.5) is 0 Å². The summed E-state index contributed by atoms with van der Waals surface area (Å²) in [7, 11) is 1.71. The summed E-state index contributed by atoms with van der Waals surface area (Å²) < 4.78 is 5.18. The van der Waals surface area contributed by atoms with Crippen molar-refractivity contribution < 1.29 is 4.74 Å². The van der Waals surface area contributed by atoms with Gasteiger partial charge >= 0.3 is 0 Å². The molecule has 0 spiro atoms. The summed E-state index contributed by atoms with van der Waals surface area (Å²) >= 11 is 0. The second kappa shape index (κ2) is 6.79. The predicted molar refractivity (Wildman–Crippen MR) is 75.9 cm³/mol.